The third-order valence-corrected chi connectivity index (χ3v) is 6.12. The molecule has 4 rings (SSSR count). The smallest absolute Gasteiger partial charge is 0.293 e. The molecule has 3 aromatic rings. The summed E-state index contributed by atoms with van der Waals surface area (Å²) in [6, 6.07) is 8.42. The predicted octanol–water partition coefficient (Wildman–Crippen LogP) is 2.67. The van der Waals surface area contributed by atoms with E-state index in [1.807, 2.05) is 12.1 Å². The summed E-state index contributed by atoms with van der Waals surface area (Å²) in [4.78, 5) is 15.3. The minimum Gasteiger partial charge on any atom is -0.378 e. The van der Waals surface area contributed by atoms with Crippen LogP contribution in [0.15, 0.2) is 34.0 Å². The van der Waals surface area contributed by atoms with E-state index in [0.717, 1.165) is 24.9 Å². The molecular formula is C23H31N9O2. The largest absolute Gasteiger partial charge is 0.378 e. The molecule has 3 heterocycles. The molecule has 0 unspecified atom stereocenters. The van der Waals surface area contributed by atoms with Gasteiger partial charge in [0.1, 0.15) is 0 Å². The number of piperidine rings is 1. The lowest BCUT2D eigenvalue weighted by Crippen LogP contribution is -2.38. The van der Waals surface area contributed by atoms with Crippen molar-refractivity contribution in [2.75, 3.05) is 12.3 Å². The van der Waals surface area contributed by atoms with Crippen LogP contribution in [0.25, 0.3) is 5.82 Å². The second kappa shape index (κ2) is 9.72. The van der Waals surface area contributed by atoms with E-state index in [1.165, 1.54) is 16.7 Å². The Kier molecular flexibility index (Phi) is 6.73. The number of nitrogens with zero attached hydrogens (tertiary/aromatic N) is 7. The lowest BCUT2D eigenvalue weighted by molar-refractivity contribution is 0.0945. The van der Waals surface area contributed by atoms with Gasteiger partial charge in [-0.05, 0) is 53.2 Å². The summed E-state index contributed by atoms with van der Waals surface area (Å²) in [6.07, 6.45) is 4.98. The Bertz CT molecular complexity index is 1160. The van der Waals surface area contributed by atoms with Gasteiger partial charge in [0, 0.05) is 12.6 Å². The molecule has 1 amide bonds. The summed E-state index contributed by atoms with van der Waals surface area (Å²) in [5.74, 6) is -0.196. The van der Waals surface area contributed by atoms with E-state index in [0.29, 0.717) is 18.3 Å². The van der Waals surface area contributed by atoms with E-state index in [1.54, 1.807) is 6.21 Å². The van der Waals surface area contributed by atoms with Crippen LogP contribution in [0.3, 0.4) is 0 Å². The van der Waals surface area contributed by atoms with E-state index < -0.39 is 5.91 Å². The number of hydrazone groups is 1. The molecule has 3 N–H and O–H groups in total. The van der Waals surface area contributed by atoms with Crippen LogP contribution < -0.4 is 11.2 Å². The molecule has 11 nitrogen and oxygen atoms in total. The van der Waals surface area contributed by atoms with E-state index >= 15 is 0 Å². The number of nitrogens with one attached hydrogen (secondary N) is 1. The monoisotopic (exact) mass is 465 g/mol. The Labute approximate surface area is 198 Å². The molecule has 1 saturated heterocycles. The first kappa shape index (κ1) is 23.6. The van der Waals surface area contributed by atoms with Gasteiger partial charge in [-0.1, -0.05) is 56.7 Å². The molecule has 0 spiro atoms. The molecule has 0 bridgehead atoms. The Morgan fingerprint density at radius 1 is 1.26 bits per heavy atom. The number of amides is 1. The first-order valence-electron chi connectivity index (χ1n) is 11.4. The van der Waals surface area contributed by atoms with Gasteiger partial charge >= 0.3 is 0 Å². The Hall–Kier alpha value is -3.60. The summed E-state index contributed by atoms with van der Waals surface area (Å²) >= 11 is 0. The Morgan fingerprint density at radius 2 is 2.03 bits per heavy atom. The third-order valence-electron chi connectivity index (χ3n) is 6.12. The molecule has 0 radical (unpaired) electrons. The van der Waals surface area contributed by atoms with Crippen molar-refractivity contribution in [3.05, 3.63) is 46.8 Å². The second-order valence-electron chi connectivity index (χ2n) is 9.66. The van der Waals surface area contributed by atoms with E-state index in [4.69, 9.17) is 10.4 Å². The number of carbonyl (C=O) groups excluding carboxylic acids is 1. The molecular weight excluding hydrogens is 434 g/mol. The van der Waals surface area contributed by atoms with Crippen LogP contribution in [0.5, 0.6) is 0 Å². The van der Waals surface area contributed by atoms with Crippen molar-refractivity contribution < 1.29 is 9.42 Å². The molecule has 11 heteroatoms. The van der Waals surface area contributed by atoms with Crippen LogP contribution >= 0.6 is 0 Å². The topological polar surface area (TPSA) is 140 Å². The van der Waals surface area contributed by atoms with Crippen molar-refractivity contribution in [1.82, 2.24) is 35.6 Å². The molecule has 180 valence electrons. The maximum atomic E-state index is 13.0. The summed E-state index contributed by atoms with van der Waals surface area (Å²) < 4.78 is 6.14. The number of benzene rings is 1. The minimum absolute atomic E-state index is 0.0702. The van der Waals surface area contributed by atoms with Crippen LogP contribution in [0.2, 0.25) is 0 Å². The van der Waals surface area contributed by atoms with E-state index in [-0.39, 0.29) is 22.7 Å². The number of nitrogens with two attached hydrogens (primary N) is 1. The molecule has 1 aliphatic heterocycles. The van der Waals surface area contributed by atoms with Gasteiger partial charge in [0.15, 0.2) is 5.69 Å². The number of hydrogen-bond acceptors (Lipinski definition) is 9. The van der Waals surface area contributed by atoms with Gasteiger partial charge in [0.2, 0.25) is 11.6 Å². The number of carbonyl (C=O) groups is 1. The SMILES string of the molecule is C[C@H]1CCCCN1Cc1c(C(=O)N/N=C/c2ccc(C(C)(C)C)cc2)nnn1-c1nonc1N. The number of likely N-dealkylation sites (tertiary alicyclic amines) is 1. The standard InChI is InChI=1S/C23H31N9O2/c1-15-7-5-6-12-31(15)14-18-19(26-30-32(18)21-20(24)28-34-29-21)22(33)27-25-13-16-8-10-17(11-9-16)23(2,3)4/h8-11,13,15H,5-7,12,14H2,1-4H3,(H2,24,28)(H,27,33)/b25-13+/t15-/m0/s1. The molecule has 0 saturated carbocycles. The van der Waals surface area contributed by atoms with E-state index in [2.05, 4.69) is 75.9 Å². The molecule has 0 aliphatic carbocycles. The highest BCUT2D eigenvalue weighted by Gasteiger charge is 2.28. The third kappa shape index (κ3) is 5.14. The Morgan fingerprint density at radius 3 is 2.68 bits per heavy atom. The molecule has 34 heavy (non-hydrogen) atoms. The second-order valence-corrected chi connectivity index (χ2v) is 9.66. The zero-order valence-electron chi connectivity index (χ0n) is 20.0. The average Bonchev–Trinajstić information content (AvgIpc) is 3.40. The predicted molar refractivity (Wildman–Crippen MR) is 128 cm³/mol. The van der Waals surface area contributed by atoms with Crippen molar-refractivity contribution in [3.8, 4) is 5.82 Å². The van der Waals surface area contributed by atoms with Crippen molar-refractivity contribution in [3.63, 3.8) is 0 Å². The molecule has 1 aromatic carbocycles. The quantitative estimate of drug-likeness (QED) is 0.418. The fraction of sp³-hybridized carbons (Fsp3) is 0.478. The first-order chi connectivity index (χ1) is 16.2. The summed E-state index contributed by atoms with van der Waals surface area (Å²) in [6.45, 7) is 10.0. The van der Waals surface area contributed by atoms with Gasteiger partial charge in [-0.3, -0.25) is 9.69 Å². The lowest BCUT2D eigenvalue weighted by Gasteiger charge is -2.33. The van der Waals surface area contributed by atoms with Crippen molar-refractivity contribution in [1.29, 1.82) is 0 Å². The first-order valence-corrected chi connectivity index (χ1v) is 11.4. The summed E-state index contributed by atoms with van der Waals surface area (Å²) in [5.41, 5.74) is 11.3. The summed E-state index contributed by atoms with van der Waals surface area (Å²) in [7, 11) is 0. The maximum Gasteiger partial charge on any atom is 0.293 e. The minimum atomic E-state index is -0.469. The summed E-state index contributed by atoms with van der Waals surface area (Å²) in [5, 5.41) is 19.8. The molecule has 1 fully saturated rings. The molecule has 1 aliphatic rings. The van der Waals surface area contributed by atoms with Gasteiger partial charge in [0.05, 0.1) is 11.9 Å². The Balaban J connectivity index is 1.54. The number of hydrogen-bond donors (Lipinski definition) is 2. The van der Waals surface area contributed by atoms with Crippen LogP contribution in [-0.4, -0.2) is 54.9 Å². The van der Waals surface area contributed by atoms with Crippen molar-refractivity contribution >= 4 is 17.9 Å². The highest BCUT2D eigenvalue weighted by Crippen LogP contribution is 2.23. The van der Waals surface area contributed by atoms with Crippen LogP contribution in [-0.2, 0) is 12.0 Å². The highest BCUT2D eigenvalue weighted by atomic mass is 16.6. The zero-order valence-corrected chi connectivity index (χ0v) is 20.0. The number of rotatable bonds is 6. The van der Waals surface area contributed by atoms with Crippen LogP contribution in [0.1, 0.15) is 74.3 Å². The van der Waals surface area contributed by atoms with E-state index in [9.17, 15) is 4.79 Å². The fourth-order valence-corrected chi connectivity index (χ4v) is 4.00. The van der Waals surface area contributed by atoms with Gasteiger partial charge < -0.3 is 5.73 Å². The van der Waals surface area contributed by atoms with Gasteiger partial charge in [0.25, 0.3) is 5.91 Å². The van der Waals surface area contributed by atoms with Gasteiger partial charge in [-0.2, -0.15) is 9.78 Å². The maximum absolute atomic E-state index is 13.0. The van der Waals surface area contributed by atoms with Crippen molar-refractivity contribution in [2.45, 2.75) is 65.0 Å². The fourth-order valence-electron chi connectivity index (χ4n) is 4.00. The number of nitrogen functional groups attached to an aromatic ring is 1. The average molecular weight is 466 g/mol. The normalized spacial score (nSPS) is 17.4. The van der Waals surface area contributed by atoms with Gasteiger partial charge in [-0.15, -0.1) is 5.10 Å². The molecule has 2 aromatic heterocycles. The number of anilines is 1. The van der Waals surface area contributed by atoms with Crippen LogP contribution in [0.4, 0.5) is 5.82 Å². The lowest BCUT2D eigenvalue weighted by atomic mass is 9.87. The molecule has 1 atom stereocenters. The number of aromatic nitrogens is 5. The van der Waals surface area contributed by atoms with Crippen molar-refractivity contribution in [2.24, 2.45) is 5.10 Å². The zero-order chi connectivity index (χ0) is 24.3. The van der Waals surface area contributed by atoms with Gasteiger partial charge in [-0.25, -0.2) is 10.1 Å². The van der Waals surface area contributed by atoms with Crippen LogP contribution in [0, 0.1) is 0 Å². The highest BCUT2D eigenvalue weighted by molar-refractivity contribution is 5.94.